The second-order valence-corrected chi connectivity index (χ2v) is 15.9. The predicted molar refractivity (Wildman–Crippen MR) is 157 cm³/mol. The van der Waals surface area contributed by atoms with Crippen LogP contribution in [0.1, 0.15) is 84.1 Å². The van der Waals surface area contributed by atoms with Gasteiger partial charge in [-0.3, -0.25) is 4.79 Å². The monoisotopic (exact) mass is 590 g/mol. The molecule has 6 N–H and O–H groups in total. The molecule has 0 radical (unpaired) electrons. The molecule has 1 aromatic carbocycles. The fourth-order valence-electron chi connectivity index (χ4n) is 9.97. The van der Waals surface area contributed by atoms with Crippen LogP contribution < -0.4 is 10.5 Å². The highest BCUT2D eigenvalue weighted by Gasteiger charge is 2.65. The van der Waals surface area contributed by atoms with Crippen LogP contribution in [0.2, 0.25) is 0 Å². The molecule has 0 spiro atoms. The van der Waals surface area contributed by atoms with Gasteiger partial charge in [-0.1, -0.05) is 32.9 Å². The third kappa shape index (κ3) is 5.74. The van der Waals surface area contributed by atoms with E-state index in [-0.39, 0.29) is 57.5 Å². The Morgan fingerprint density at radius 3 is 2.44 bits per heavy atom. The first kappa shape index (κ1) is 30.9. The number of fused-ring (bicyclic) bond motifs is 5. The van der Waals surface area contributed by atoms with Crippen molar-refractivity contribution in [2.45, 2.75) is 108 Å². The number of amides is 1. The molecule has 0 heterocycles. The summed E-state index contributed by atoms with van der Waals surface area (Å²) < 4.78 is 22.8. The highest BCUT2D eigenvalue weighted by molar-refractivity contribution is 7.89. The van der Waals surface area contributed by atoms with Gasteiger partial charge in [-0.2, -0.15) is 0 Å². The number of nitrogens with one attached hydrogen (secondary N) is 1. The molecule has 9 heteroatoms. The van der Waals surface area contributed by atoms with E-state index in [1.54, 1.807) is 12.1 Å². The summed E-state index contributed by atoms with van der Waals surface area (Å²) in [7, 11) is -3.72. The molecule has 4 aliphatic rings. The summed E-state index contributed by atoms with van der Waals surface area (Å²) in [5, 5.41) is 41.7. The van der Waals surface area contributed by atoms with Crippen molar-refractivity contribution in [3.8, 4) is 0 Å². The van der Waals surface area contributed by atoms with Crippen LogP contribution in [-0.4, -0.2) is 54.5 Å². The molecule has 0 bridgehead atoms. The van der Waals surface area contributed by atoms with Crippen LogP contribution in [0.4, 0.5) is 0 Å². The fourth-order valence-corrected chi connectivity index (χ4v) is 10.5. The number of primary sulfonamides is 1. The number of hydrogen-bond acceptors (Lipinski definition) is 6. The number of carbonyl (C=O) groups excluding carboxylic acids is 1. The maximum atomic E-state index is 12.7. The van der Waals surface area contributed by atoms with Gasteiger partial charge in [0.25, 0.3) is 0 Å². The van der Waals surface area contributed by atoms with Crippen LogP contribution in [0.25, 0.3) is 0 Å². The molecular weight excluding hydrogens is 540 g/mol. The molecule has 0 unspecified atom stereocenters. The number of aliphatic hydroxyl groups excluding tert-OH is 3. The maximum Gasteiger partial charge on any atom is 0.238 e. The average Bonchev–Trinajstić information content (AvgIpc) is 3.27. The van der Waals surface area contributed by atoms with Gasteiger partial charge in [0.2, 0.25) is 15.9 Å². The third-order valence-electron chi connectivity index (χ3n) is 12.3. The van der Waals surface area contributed by atoms with Crippen molar-refractivity contribution in [3.63, 3.8) is 0 Å². The van der Waals surface area contributed by atoms with Crippen molar-refractivity contribution >= 4 is 15.9 Å². The lowest BCUT2D eigenvalue weighted by Crippen LogP contribution is -2.62. The minimum absolute atomic E-state index is 0.00289. The van der Waals surface area contributed by atoms with Crippen LogP contribution in [0.3, 0.4) is 0 Å². The molecule has 8 nitrogen and oxygen atoms in total. The van der Waals surface area contributed by atoms with Gasteiger partial charge in [0.1, 0.15) is 0 Å². The van der Waals surface area contributed by atoms with Gasteiger partial charge in [-0.15, -0.1) is 0 Å². The van der Waals surface area contributed by atoms with E-state index in [4.69, 9.17) is 5.14 Å². The number of hydrogen-bond donors (Lipinski definition) is 5. The van der Waals surface area contributed by atoms with Gasteiger partial charge in [0.15, 0.2) is 0 Å². The quantitative estimate of drug-likeness (QED) is 0.313. The van der Waals surface area contributed by atoms with Crippen molar-refractivity contribution in [3.05, 3.63) is 29.8 Å². The molecule has 4 fully saturated rings. The van der Waals surface area contributed by atoms with Gasteiger partial charge in [0, 0.05) is 13.0 Å². The first-order chi connectivity index (χ1) is 19.2. The minimum atomic E-state index is -3.72. The third-order valence-corrected chi connectivity index (χ3v) is 13.3. The van der Waals surface area contributed by atoms with Crippen molar-refractivity contribution in [1.82, 2.24) is 5.32 Å². The van der Waals surface area contributed by atoms with Crippen molar-refractivity contribution < 1.29 is 28.5 Å². The zero-order chi connectivity index (χ0) is 29.7. The number of carbonyl (C=O) groups is 1. The summed E-state index contributed by atoms with van der Waals surface area (Å²) in [5.74, 6) is 1.66. The molecule has 0 aliphatic heterocycles. The normalized spacial score (nSPS) is 41.1. The van der Waals surface area contributed by atoms with Crippen molar-refractivity contribution in [2.75, 3.05) is 6.54 Å². The number of rotatable bonds is 8. The Balaban J connectivity index is 1.16. The molecule has 0 saturated heterocycles. The summed E-state index contributed by atoms with van der Waals surface area (Å²) in [6, 6.07) is 6.39. The number of nitrogens with two attached hydrogens (primary N) is 1. The fraction of sp³-hybridized carbons (Fsp3) is 0.781. The minimum Gasteiger partial charge on any atom is -0.393 e. The van der Waals surface area contributed by atoms with E-state index < -0.39 is 16.1 Å². The molecular formula is C32H50N2O6S. The zero-order valence-electron chi connectivity index (χ0n) is 24.8. The number of sulfonamides is 1. The highest BCUT2D eigenvalue weighted by atomic mass is 32.2. The van der Waals surface area contributed by atoms with Gasteiger partial charge < -0.3 is 20.6 Å². The summed E-state index contributed by atoms with van der Waals surface area (Å²) in [6.07, 6.45) is 6.77. The van der Waals surface area contributed by atoms with Gasteiger partial charge in [-0.05, 0) is 122 Å². The average molecular weight is 591 g/mol. The summed E-state index contributed by atoms with van der Waals surface area (Å²) in [6.45, 7) is 7.30. The van der Waals surface area contributed by atoms with E-state index in [1.807, 2.05) is 0 Å². The molecule has 11 atom stereocenters. The lowest BCUT2D eigenvalue weighted by Gasteiger charge is -2.63. The lowest BCUT2D eigenvalue weighted by atomic mass is 9.43. The Hall–Kier alpha value is -1.52. The maximum absolute atomic E-state index is 12.7. The second kappa shape index (κ2) is 11.5. The van der Waals surface area contributed by atoms with Crippen LogP contribution in [0, 0.1) is 46.3 Å². The summed E-state index contributed by atoms with van der Waals surface area (Å²) in [4.78, 5) is 12.8. The summed E-state index contributed by atoms with van der Waals surface area (Å²) in [5.41, 5.74) is 0.728. The van der Waals surface area contributed by atoms with E-state index >= 15 is 0 Å². The van der Waals surface area contributed by atoms with Crippen LogP contribution in [0.15, 0.2) is 29.2 Å². The molecule has 1 amide bonds. The molecule has 230 valence electrons. The van der Waals surface area contributed by atoms with Crippen molar-refractivity contribution in [2.24, 2.45) is 51.5 Å². The van der Waals surface area contributed by atoms with Gasteiger partial charge in [-0.25, -0.2) is 13.6 Å². The van der Waals surface area contributed by atoms with Gasteiger partial charge >= 0.3 is 0 Å². The first-order valence-corrected chi connectivity index (χ1v) is 17.2. The lowest BCUT2D eigenvalue weighted by molar-refractivity contribution is -0.207. The highest BCUT2D eigenvalue weighted by Crippen LogP contribution is 2.68. The second-order valence-electron chi connectivity index (χ2n) is 14.3. The topological polar surface area (TPSA) is 150 Å². The molecule has 0 aromatic heterocycles. The first-order valence-electron chi connectivity index (χ1n) is 15.7. The Morgan fingerprint density at radius 2 is 1.76 bits per heavy atom. The van der Waals surface area contributed by atoms with E-state index in [0.717, 1.165) is 56.9 Å². The SMILES string of the molecule is C[C@H](CCC(=O)NCCc1ccc(S(N)(=O)=O)cc1)[C@H]1CC[C@H]2[C@@H]3[C@H](O)C[C@@H]4C[C@H](O)CC[C@]4(C)[C@H]3C[C@H](O)[C@]12C. The Kier molecular flexibility index (Phi) is 8.69. The smallest absolute Gasteiger partial charge is 0.238 e. The van der Waals surface area contributed by atoms with Gasteiger partial charge in [0.05, 0.1) is 23.2 Å². The van der Waals surface area contributed by atoms with E-state index in [0.29, 0.717) is 31.2 Å². The van der Waals surface area contributed by atoms with Crippen LogP contribution >= 0.6 is 0 Å². The van der Waals surface area contributed by atoms with Crippen molar-refractivity contribution in [1.29, 1.82) is 0 Å². The molecule has 4 saturated carbocycles. The Labute approximate surface area is 245 Å². The van der Waals surface area contributed by atoms with E-state index in [9.17, 15) is 28.5 Å². The Morgan fingerprint density at radius 1 is 1.05 bits per heavy atom. The van der Waals surface area contributed by atoms with E-state index in [1.165, 1.54) is 12.1 Å². The standard InChI is InChI=1S/C32H50N2O6S/c1-19(4-11-29(38)34-15-13-20-5-7-23(8-6-20)41(33,39)40)24-9-10-25-30-26(18-28(37)32(24,25)3)31(2)14-12-22(35)16-21(31)17-27(30)36/h5-8,19,21-22,24-28,30,35-37H,4,9-18H2,1-3H3,(H,34,38)(H2,33,39,40)/t19-,21+,22-,24-,25+,26+,27-,28+,30+,31+,32-/m1/s1. The largest absolute Gasteiger partial charge is 0.393 e. The molecule has 41 heavy (non-hydrogen) atoms. The number of aliphatic hydroxyl groups is 3. The van der Waals surface area contributed by atoms with E-state index in [2.05, 4.69) is 26.1 Å². The number of benzene rings is 1. The Bertz CT molecular complexity index is 1210. The summed E-state index contributed by atoms with van der Waals surface area (Å²) >= 11 is 0. The van der Waals surface area contributed by atoms with Crippen LogP contribution in [-0.2, 0) is 21.2 Å². The zero-order valence-corrected chi connectivity index (χ0v) is 25.7. The van der Waals surface area contributed by atoms with Crippen LogP contribution in [0.5, 0.6) is 0 Å². The predicted octanol–water partition coefficient (Wildman–Crippen LogP) is 3.37. The molecule has 4 aliphatic carbocycles. The molecule has 5 rings (SSSR count). The molecule has 1 aromatic rings.